The Morgan fingerprint density at radius 2 is 1.93 bits per heavy atom. The lowest BCUT2D eigenvalue weighted by Crippen LogP contribution is -2.48. The van der Waals surface area contributed by atoms with E-state index in [0.717, 1.165) is 25.7 Å². The third kappa shape index (κ3) is 5.00. The molecule has 2 aliphatic heterocycles. The molecule has 148 valence electrons. The maximum absolute atomic E-state index is 12.6. The van der Waals surface area contributed by atoms with E-state index >= 15 is 0 Å². The standard InChI is InChI=1S/C22H27N3O2S/c26-21(8-2-6-20-7-3-11-28-20)24-16-5-1-4-15(12-16)22(27)25-19-13-17-9-10-18(14-19)23-17/h1,3-5,7,11-12,17-19,23H,2,6,8-10,13-14H2,(H,24,26)(H,25,27). The minimum absolute atomic E-state index is 0.0101. The first-order valence-electron chi connectivity index (χ1n) is 10.1. The van der Waals surface area contributed by atoms with E-state index in [9.17, 15) is 9.59 Å². The van der Waals surface area contributed by atoms with Gasteiger partial charge in [0, 0.05) is 40.7 Å². The number of thiophene rings is 1. The molecule has 5 nitrogen and oxygen atoms in total. The minimum Gasteiger partial charge on any atom is -0.349 e. The van der Waals surface area contributed by atoms with E-state index < -0.39 is 0 Å². The highest BCUT2D eigenvalue weighted by atomic mass is 32.1. The van der Waals surface area contributed by atoms with E-state index in [1.165, 1.54) is 17.7 Å². The van der Waals surface area contributed by atoms with Gasteiger partial charge in [-0.05, 0) is 68.2 Å². The minimum atomic E-state index is -0.0555. The number of hydrogen-bond donors (Lipinski definition) is 3. The summed E-state index contributed by atoms with van der Waals surface area (Å²) >= 11 is 1.72. The predicted octanol–water partition coefficient (Wildman–Crippen LogP) is 3.72. The Balaban J connectivity index is 1.27. The van der Waals surface area contributed by atoms with E-state index in [1.807, 2.05) is 18.2 Å². The first kappa shape index (κ1) is 19.2. The maximum atomic E-state index is 12.6. The van der Waals surface area contributed by atoms with Gasteiger partial charge in [-0.15, -0.1) is 11.3 Å². The van der Waals surface area contributed by atoms with Gasteiger partial charge in [0.15, 0.2) is 0 Å². The Morgan fingerprint density at radius 1 is 1.11 bits per heavy atom. The van der Waals surface area contributed by atoms with Gasteiger partial charge in [0.2, 0.25) is 5.91 Å². The third-order valence-electron chi connectivity index (χ3n) is 5.62. The Labute approximate surface area is 169 Å². The molecule has 2 aliphatic rings. The Kier molecular flexibility index (Phi) is 6.07. The van der Waals surface area contributed by atoms with Crippen LogP contribution in [0.1, 0.15) is 53.8 Å². The first-order chi connectivity index (χ1) is 13.7. The van der Waals surface area contributed by atoms with Crippen molar-refractivity contribution in [1.29, 1.82) is 0 Å². The molecule has 3 heterocycles. The third-order valence-corrected chi connectivity index (χ3v) is 6.56. The number of amides is 2. The van der Waals surface area contributed by atoms with E-state index in [-0.39, 0.29) is 17.9 Å². The average molecular weight is 398 g/mol. The summed E-state index contributed by atoms with van der Waals surface area (Å²) in [6, 6.07) is 12.7. The van der Waals surface area contributed by atoms with Gasteiger partial charge in [0.1, 0.15) is 0 Å². The Morgan fingerprint density at radius 3 is 2.68 bits per heavy atom. The second-order valence-electron chi connectivity index (χ2n) is 7.84. The molecule has 1 aromatic carbocycles. The van der Waals surface area contributed by atoms with Gasteiger partial charge >= 0.3 is 0 Å². The van der Waals surface area contributed by atoms with Crippen LogP contribution in [0, 0.1) is 0 Å². The smallest absolute Gasteiger partial charge is 0.251 e. The second kappa shape index (κ2) is 8.88. The SMILES string of the molecule is O=C(CCCc1cccs1)Nc1cccc(C(=O)NC2CC3CCC(C2)N3)c1. The van der Waals surface area contributed by atoms with Crippen molar-refractivity contribution in [2.75, 3.05) is 5.32 Å². The van der Waals surface area contributed by atoms with Gasteiger partial charge in [-0.2, -0.15) is 0 Å². The zero-order chi connectivity index (χ0) is 19.3. The summed E-state index contributed by atoms with van der Waals surface area (Å²) in [7, 11) is 0. The fourth-order valence-corrected chi connectivity index (χ4v) is 5.03. The number of nitrogens with one attached hydrogen (secondary N) is 3. The highest BCUT2D eigenvalue weighted by Gasteiger charge is 2.34. The normalized spacial score (nSPS) is 23.4. The van der Waals surface area contributed by atoms with Crippen molar-refractivity contribution in [1.82, 2.24) is 10.6 Å². The van der Waals surface area contributed by atoms with Crippen molar-refractivity contribution < 1.29 is 9.59 Å². The van der Waals surface area contributed by atoms with Gasteiger partial charge in [0.25, 0.3) is 5.91 Å². The molecule has 0 saturated carbocycles. The fraction of sp³-hybridized carbons (Fsp3) is 0.455. The topological polar surface area (TPSA) is 70.2 Å². The van der Waals surface area contributed by atoms with Crippen LogP contribution in [0.5, 0.6) is 0 Å². The van der Waals surface area contributed by atoms with Gasteiger partial charge in [-0.25, -0.2) is 0 Å². The number of piperidine rings is 1. The van der Waals surface area contributed by atoms with Crippen molar-refractivity contribution >= 4 is 28.8 Å². The highest BCUT2D eigenvalue weighted by Crippen LogP contribution is 2.27. The Bertz CT molecular complexity index is 809. The molecule has 28 heavy (non-hydrogen) atoms. The van der Waals surface area contributed by atoms with Crippen LogP contribution in [0.2, 0.25) is 0 Å². The number of hydrogen-bond acceptors (Lipinski definition) is 4. The molecule has 1 aromatic heterocycles. The van der Waals surface area contributed by atoms with Crippen LogP contribution in [0.3, 0.4) is 0 Å². The van der Waals surface area contributed by atoms with Crippen molar-refractivity contribution in [2.45, 2.75) is 63.1 Å². The number of benzene rings is 1. The number of rotatable bonds is 7. The van der Waals surface area contributed by atoms with Gasteiger partial charge in [-0.3, -0.25) is 9.59 Å². The molecule has 0 radical (unpaired) electrons. The van der Waals surface area contributed by atoms with Gasteiger partial charge in [-0.1, -0.05) is 12.1 Å². The van der Waals surface area contributed by atoms with Crippen LogP contribution < -0.4 is 16.0 Å². The van der Waals surface area contributed by atoms with Crippen LogP contribution in [-0.2, 0) is 11.2 Å². The molecule has 0 aliphatic carbocycles. The summed E-state index contributed by atoms with van der Waals surface area (Å²) in [5.74, 6) is -0.0656. The van der Waals surface area contributed by atoms with Gasteiger partial charge in [0.05, 0.1) is 0 Å². The maximum Gasteiger partial charge on any atom is 0.251 e. The second-order valence-corrected chi connectivity index (χ2v) is 8.87. The van der Waals surface area contributed by atoms with Crippen molar-refractivity contribution in [2.24, 2.45) is 0 Å². The molecule has 2 bridgehead atoms. The molecule has 2 saturated heterocycles. The van der Waals surface area contributed by atoms with Crippen LogP contribution >= 0.6 is 11.3 Å². The molecular weight excluding hydrogens is 370 g/mol. The summed E-state index contributed by atoms with van der Waals surface area (Å²) in [4.78, 5) is 26.2. The van der Waals surface area contributed by atoms with Crippen molar-refractivity contribution in [3.63, 3.8) is 0 Å². The van der Waals surface area contributed by atoms with E-state index in [1.54, 1.807) is 23.5 Å². The van der Waals surface area contributed by atoms with Crippen LogP contribution in [0.15, 0.2) is 41.8 Å². The van der Waals surface area contributed by atoms with E-state index in [2.05, 4.69) is 27.4 Å². The number of carbonyl (C=O) groups excluding carboxylic acids is 2. The van der Waals surface area contributed by atoms with Crippen molar-refractivity contribution in [3.8, 4) is 0 Å². The quantitative estimate of drug-likeness (QED) is 0.667. The fourth-order valence-electron chi connectivity index (χ4n) is 4.28. The summed E-state index contributed by atoms with van der Waals surface area (Å²) in [5.41, 5.74) is 1.28. The molecular formula is C22H27N3O2S. The molecule has 2 atom stereocenters. The first-order valence-corrected chi connectivity index (χ1v) is 11.0. The summed E-state index contributed by atoms with van der Waals surface area (Å²) in [5, 5.41) is 11.7. The lowest BCUT2D eigenvalue weighted by molar-refractivity contribution is -0.116. The molecule has 6 heteroatoms. The molecule has 2 aromatic rings. The lowest BCUT2D eigenvalue weighted by Gasteiger charge is -2.29. The summed E-state index contributed by atoms with van der Waals surface area (Å²) < 4.78 is 0. The molecule has 0 spiro atoms. The van der Waals surface area contributed by atoms with Gasteiger partial charge < -0.3 is 16.0 Å². The van der Waals surface area contributed by atoms with E-state index in [0.29, 0.717) is 29.8 Å². The molecule has 2 unspecified atom stereocenters. The molecule has 2 fully saturated rings. The van der Waals surface area contributed by atoms with Crippen LogP contribution in [-0.4, -0.2) is 29.9 Å². The number of aryl methyl sites for hydroxylation is 1. The average Bonchev–Trinajstić information content (AvgIpc) is 3.31. The van der Waals surface area contributed by atoms with Crippen LogP contribution in [0.4, 0.5) is 5.69 Å². The molecule has 2 amide bonds. The number of carbonyl (C=O) groups is 2. The highest BCUT2D eigenvalue weighted by molar-refractivity contribution is 7.09. The molecule has 3 N–H and O–H groups in total. The summed E-state index contributed by atoms with van der Waals surface area (Å²) in [6.07, 6.45) is 6.66. The van der Waals surface area contributed by atoms with E-state index in [4.69, 9.17) is 0 Å². The largest absolute Gasteiger partial charge is 0.349 e. The number of anilines is 1. The Hall–Kier alpha value is -2.18. The monoisotopic (exact) mass is 397 g/mol. The molecule has 4 rings (SSSR count). The zero-order valence-corrected chi connectivity index (χ0v) is 16.8. The summed E-state index contributed by atoms with van der Waals surface area (Å²) in [6.45, 7) is 0. The lowest BCUT2D eigenvalue weighted by atomic mass is 9.99. The van der Waals surface area contributed by atoms with Crippen LogP contribution in [0.25, 0.3) is 0 Å². The predicted molar refractivity (Wildman–Crippen MR) is 113 cm³/mol. The zero-order valence-electron chi connectivity index (χ0n) is 15.9. The van der Waals surface area contributed by atoms with Crippen molar-refractivity contribution in [3.05, 3.63) is 52.2 Å². The number of fused-ring (bicyclic) bond motifs is 2.